The number of nitrogens with one attached hydrogen (secondary N) is 1. The number of aliphatic hydroxyl groups excluding tert-OH is 1. The third-order valence-electron chi connectivity index (χ3n) is 9.12. The summed E-state index contributed by atoms with van der Waals surface area (Å²) in [6, 6.07) is -1.03. The van der Waals surface area contributed by atoms with Gasteiger partial charge in [-0.05, 0) is 86.0 Å². The molecule has 3 fully saturated rings. The van der Waals surface area contributed by atoms with Crippen LogP contribution in [0.2, 0.25) is 0 Å². The van der Waals surface area contributed by atoms with Gasteiger partial charge < -0.3 is 20.4 Å². The minimum absolute atomic E-state index is 0.0153. The highest BCUT2D eigenvalue weighted by Crippen LogP contribution is 2.65. The number of hydrogen-bond donors (Lipinski definition) is 4. The molecule has 0 unspecified atom stereocenters. The standard InChI is InChI=1S/C24H36N2O5S/c1-23-9-7-15(26-31-12-21(28)25-19(13-32)22(29)30)11-14(23)3-4-16-17-5-6-20(27)24(17,2)10-8-18(16)23/h11,16-20,27,32H,3-10,12-13H2,1-2H3,(H,25,28)(H,29,30)/b26-15-/t16-,17-,18-,19-,20+,23-,24-/m0/s1. The van der Waals surface area contributed by atoms with Crippen molar-refractivity contribution in [3.8, 4) is 0 Å². The number of carboxylic acid groups (broad SMARTS) is 1. The van der Waals surface area contributed by atoms with Gasteiger partial charge in [-0.15, -0.1) is 0 Å². The van der Waals surface area contributed by atoms with Gasteiger partial charge in [0.1, 0.15) is 6.04 Å². The highest BCUT2D eigenvalue weighted by atomic mass is 32.1. The topological polar surface area (TPSA) is 108 Å². The number of aliphatic carboxylic acids is 1. The lowest BCUT2D eigenvalue weighted by molar-refractivity contribution is -0.141. The Kier molecular flexibility index (Phi) is 6.65. The Labute approximate surface area is 195 Å². The van der Waals surface area contributed by atoms with Crippen LogP contribution < -0.4 is 5.32 Å². The van der Waals surface area contributed by atoms with Gasteiger partial charge in [0, 0.05) is 5.75 Å². The van der Waals surface area contributed by atoms with Crippen molar-refractivity contribution in [3.05, 3.63) is 11.6 Å². The molecular weight excluding hydrogens is 428 g/mol. The molecule has 0 spiro atoms. The van der Waals surface area contributed by atoms with Crippen LogP contribution in [0, 0.1) is 28.6 Å². The molecule has 4 aliphatic carbocycles. The molecule has 0 aromatic carbocycles. The maximum absolute atomic E-state index is 11.9. The molecular formula is C24H36N2O5S. The van der Waals surface area contributed by atoms with E-state index in [2.05, 4.69) is 43.0 Å². The number of allylic oxidation sites excluding steroid dienone is 2. The summed E-state index contributed by atoms with van der Waals surface area (Å²) in [5.41, 5.74) is 2.57. The second kappa shape index (κ2) is 9.01. The van der Waals surface area contributed by atoms with Gasteiger partial charge in [-0.3, -0.25) is 4.79 Å². The maximum atomic E-state index is 11.9. The second-order valence-corrected chi connectivity index (χ2v) is 11.0. The Balaban J connectivity index is 1.39. The molecule has 0 radical (unpaired) electrons. The summed E-state index contributed by atoms with van der Waals surface area (Å²) in [6.45, 7) is 4.42. The van der Waals surface area contributed by atoms with Gasteiger partial charge in [-0.25, -0.2) is 4.79 Å². The molecule has 0 aromatic heterocycles. The minimum Gasteiger partial charge on any atom is -0.480 e. The average Bonchev–Trinajstić information content (AvgIpc) is 3.06. The molecule has 7 nitrogen and oxygen atoms in total. The molecule has 4 aliphatic rings. The molecule has 0 heterocycles. The Morgan fingerprint density at radius 3 is 2.72 bits per heavy atom. The number of fused-ring (bicyclic) bond motifs is 5. The molecule has 1 amide bonds. The molecule has 0 saturated heterocycles. The highest BCUT2D eigenvalue weighted by molar-refractivity contribution is 7.80. The Hall–Kier alpha value is -1.54. The number of hydrogen-bond acceptors (Lipinski definition) is 6. The normalized spacial score (nSPS) is 40.5. The molecule has 0 bridgehead atoms. The van der Waals surface area contributed by atoms with Gasteiger partial charge in [0.25, 0.3) is 5.91 Å². The van der Waals surface area contributed by atoms with E-state index < -0.39 is 17.9 Å². The molecule has 7 atom stereocenters. The first-order valence-corrected chi connectivity index (χ1v) is 12.5. The van der Waals surface area contributed by atoms with Crippen LogP contribution in [-0.4, -0.2) is 52.3 Å². The summed E-state index contributed by atoms with van der Waals surface area (Å²) in [7, 11) is 0. The fourth-order valence-electron chi connectivity index (χ4n) is 7.21. The third kappa shape index (κ3) is 4.09. The van der Waals surface area contributed by atoms with E-state index in [1.165, 1.54) is 18.4 Å². The number of amides is 1. The number of carboxylic acids is 1. The van der Waals surface area contributed by atoms with Crippen molar-refractivity contribution >= 4 is 30.2 Å². The lowest BCUT2D eigenvalue weighted by Crippen LogP contribution is -2.51. The van der Waals surface area contributed by atoms with E-state index in [-0.39, 0.29) is 29.3 Å². The van der Waals surface area contributed by atoms with Crippen LogP contribution in [0.15, 0.2) is 16.8 Å². The molecule has 3 saturated carbocycles. The number of thiol groups is 1. The minimum atomic E-state index is -1.12. The maximum Gasteiger partial charge on any atom is 0.327 e. The van der Waals surface area contributed by atoms with Crippen molar-refractivity contribution in [2.45, 2.75) is 77.4 Å². The summed E-state index contributed by atoms with van der Waals surface area (Å²) in [5, 5.41) is 26.2. The lowest BCUT2D eigenvalue weighted by Gasteiger charge is -2.57. The molecule has 8 heteroatoms. The summed E-state index contributed by atoms with van der Waals surface area (Å²) < 4.78 is 0. The number of carbonyl (C=O) groups excluding carboxylic acids is 1. The van der Waals surface area contributed by atoms with Crippen LogP contribution in [0.1, 0.15) is 65.2 Å². The monoisotopic (exact) mass is 464 g/mol. The first kappa shape index (κ1) is 23.6. The van der Waals surface area contributed by atoms with Crippen LogP contribution >= 0.6 is 12.6 Å². The number of aliphatic hydroxyl groups is 1. The van der Waals surface area contributed by atoms with E-state index >= 15 is 0 Å². The lowest BCUT2D eigenvalue weighted by atomic mass is 9.47. The van der Waals surface area contributed by atoms with Gasteiger partial charge in [-0.2, -0.15) is 12.6 Å². The second-order valence-electron chi connectivity index (χ2n) is 10.6. The largest absolute Gasteiger partial charge is 0.480 e. The van der Waals surface area contributed by atoms with Crippen LogP contribution in [0.4, 0.5) is 0 Å². The highest BCUT2D eigenvalue weighted by Gasteiger charge is 2.58. The predicted octanol–water partition coefficient (Wildman–Crippen LogP) is 3.18. The smallest absolute Gasteiger partial charge is 0.327 e. The first-order valence-electron chi connectivity index (χ1n) is 11.9. The molecule has 4 rings (SSSR count). The van der Waals surface area contributed by atoms with Crippen molar-refractivity contribution in [2.75, 3.05) is 12.4 Å². The molecule has 178 valence electrons. The zero-order chi connectivity index (χ0) is 23.1. The fraction of sp³-hybridized carbons (Fsp3) is 0.792. The van der Waals surface area contributed by atoms with Crippen molar-refractivity contribution in [2.24, 2.45) is 33.7 Å². The van der Waals surface area contributed by atoms with Crippen molar-refractivity contribution < 1.29 is 24.6 Å². The van der Waals surface area contributed by atoms with Crippen molar-refractivity contribution in [1.82, 2.24) is 5.32 Å². The molecule has 0 aromatic rings. The third-order valence-corrected chi connectivity index (χ3v) is 9.49. The van der Waals surface area contributed by atoms with Gasteiger partial charge in [0.2, 0.25) is 0 Å². The fourth-order valence-corrected chi connectivity index (χ4v) is 7.46. The Morgan fingerprint density at radius 2 is 2.00 bits per heavy atom. The predicted molar refractivity (Wildman–Crippen MR) is 125 cm³/mol. The van der Waals surface area contributed by atoms with E-state index in [4.69, 9.17) is 9.94 Å². The van der Waals surface area contributed by atoms with Crippen LogP contribution in [0.3, 0.4) is 0 Å². The number of rotatable bonds is 6. The number of carbonyl (C=O) groups is 2. The number of nitrogens with zero attached hydrogens (tertiary/aromatic N) is 1. The van der Waals surface area contributed by atoms with Crippen molar-refractivity contribution in [3.63, 3.8) is 0 Å². The zero-order valence-corrected chi connectivity index (χ0v) is 19.9. The van der Waals surface area contributed by atoms with E-state index in [0.29, 0.717) is 17.8 Å². The van der Waals surface area contributed by atoms with E-state index in [1.54, 1.807) is 0 Å². The van der Waals surface area contributed by atoms with E-state index in [0.717, 1.165) is 44.2 Å². The first-order chi connectivity index (χ1) is 15.2. The molecule has 32 heavy (non-hydrogen) atoms. The zero-order valence-electron chi connectivity index (χ0n) is 19.0. The Morgan fingerprint density at radius 1 is 1.22 bits per heavy atom. The van der Waals surface area contributed by atoms with Gasteiger partial charge in [0.05, 0.1) is 11.8 Å². The molecule has 3 N–H and O–H groups in total. The quantitative estimate of drug-likeness (QED) is 0.357. The molecule has 0 aliphatic heterocycles. The average molecular weight is 465 g/mol. The summed E-state index contributed by atoms with van der Waals surface area (Å²) in [5.74, 6) is 0.365. The Bertz CT molecular complexity index is 829. The van der Waals surface area contributed by atoms with Gasteiger partial charge >= 0.3 is 5.97 Å². The summed E-state index contributed by atoms with van der Waals surface area (Å²) >= 11 is 3.93. The summed E-state index contributed by atoms with van der Waals surface area (Å²) in [6.07, 6.45) is 10.5. The van der Waals surface area contributed by atoms with Crippen LogP contribution in [0.25, 0.3) is 0 Å². The van der Waals surface area contributed by atoms with E-state index in [9.17, 15) is 14.7 Å². The SMILES string of the molecule is C[C@]12CC[C@H]3[C@@H](CCC4=C/C(=N\OCC(=O)N[C@@H](CS)C(=O)O)CC[C@@]43C)[C@@H]1CC[C@H]2O. The number of oxime groups is 1. The summed E-state index contributed by atoms with van der Waals surface area (Å²) in [4.78, 5) is 28.1. The van der Waals surface area contributed by atoms with Crippen molar-refractivity contribution in [1.29, 1.82) is 0 Å². The van der Waals surface area contributed by atoms with Crippen LogP contribution in [-0.2, 0) is 14.4 Å². The van der Waals surface area contributed by atoms with Gasteiger partial charge in [0.15, 0.2) is 6.61 Å². The van der Waals surface area contributed by atoms with Crippen LogP contribution in [0.5, 0.6) is 0 Å². The van der Waals surface area contributed by atoms with Gasteiger partial charge in [-0.1, -0.05) is 24.6 Å². The van der Waals surface area contributed by atoms with E-state index in [1.807, 2.05) is 0 Å².